The second-order valence-electron chi connectivity index (χ2n) is 5.73. The lowest BCUT2D eigenvalue weighted by Gasteiger charge is -2.33. The molecule has 1 heterocycles. The van der Waals surface area contributed by atoms with Crippen LogP contribution in [0.5, 0.6) is 0 Å². The Morgan fingerprint density at radius 2 is 2.09 bits per heavy atom. The van der Waals surface area contributed by atoms with Crippen LogP contribution in [0.4, 0.5) is 0 Å². The zero-order valence-corrected chi connectivity index (χ0v) is 13.8. The highest BCUT2D eigenvalue weighted by atomic mass is 32.2. The lowest BCUT2D eigenvalue weighted by molar-refractivity contribution is 0.0827. The fourth-order valence-electron chi connectivity index (χ4n) is 2.71. The summed E-state index contributed by atoms with van der Waals surface area (Å²) in [4.78, 5) is 13.6. The molecule has 0 spiro atoms. The van der Waals surface area contributed by atoms with Gasteiger partial charge < -0.3 is 10.6 Å². The molecular weight excluding hydrogens is 302 g/mol. The van der Waals surface area contributed by atoms with Crippen LogP contribution in [0.25, 0.3) is 0 Å². The van der Waals surface area contributed by atoms with Crippen LogP contribution in [-0.4, -0.2) is 56.8 Å². The normalized spacial score (nSPS) is 19.9. The number of hydrogen-bond acceptors (Lipinski definition) is 4. The molecule has 1 fully saturated rings. The molecule has 122 valence electrons. The van der Waals surface area contributed by atoms with Crippen LogP contribution in [0.1, 0.15) is 29.6 Å². The number of hydrogen-bond donors (Lipinski definition) is 1. The number of nitrogens with zero attached hydrogens (tertiary/aromatic N) is 2. The quantitative estimate of drug-likeness (QED) is 0.891. The molecule has 0 bridgehead atoms. The molecule has 22 heavy (non-hydrogen) atoms. The van der Waals surface area contributed by atoms with Gasteiger partial charge in [0.05, 0.1) is 4.90 Å². The van der Waals surface area contributed by atoms with Crippen LogP contribution in [0, 0.1) is 0 Å². The minimum Gasteiger partial charge on any atom is -0.345 e. The van der Waals surface area contributed by atoms with Crippen molar-refractivity contribution in [2.24, 2.45) is 5.73 Å². The van der Waals surface area contributed by atoms with E-state index in [1.807, 2.05) is 0 Å². The van der Waals surface area contributed by atoms with Gasteiger partial charge in [-0.15, -0.1) is 0 Å². The molecule has 0 aliphatic carbocycles. The second-order valence-corrected chi connectivity index (χ2v) is 7.62. The zero-order valence-electron chi connectivity index (χ0n) is 13.0. The standard InChI is InChI=1S/C15H23N3O3S/c1-17(2)15(19)12-6-5-8-14(10-12)22(20,21)18-9-4-3-7-13(18)11-16/h5-6,8,10,13H,3-4,7,9,11,16H2,1-2H3. The summed E-state index contributed by atoms with van der Waals surface area (Å²) < 4.78 is 27.2. The van der Waals surface area contributed by atoms with Crippen LogP contribution in [0.15, 0.2) is 29.2 Å². The third-order valence-corrected chi connectivity index (χ3v) is 5.89. The summed E-state index contributed by atoms with van der Waals surface area (Å²) >= 11 is 0. The van der Waals surface area contributed by atoms with Crippen molar-refractivity contribution in [1.82, 2.24) is 9.21 Å². The van der Waals surface area contributed by atoms with E-state index in [-0.39, 0.29) is 16.8 Å². The fraction of sp³-hybridized carbons (Fsp3) is 0.533. The molecule has 1 aliphatic rings. The number of amides is 1. The predicted molar refractivity (Wildman–Crippen MR) is 85.0 cm³/mol. The first-order chi connectivity index (χ1) is 10.4. The average molecular weight is 325 g/mol. The molecule has 0 radical (unpaired) electrons. The van der Waals surface area contributed by atoms with Crippen molar-refractivity contribution in [2.75, 3.05) is 27.2 Å². The van der Waals surface area contributed by atoms with E-state index < -0.39 is 10.0 Å². The van der Waals surface area contributed by atoms with Gasteiger partial charge in [0.2, 0.25) is 10.0 Å². The molecule has 1 amide bonds. The van der Waals surface area contributed by atoms with E-state index in [2.05, 4.69) is 0 Å². The Kier molecular flexibility index (Phi) is 5.20. The minimum absolute atomic E-state index is 0.153. The van der Waals surface area contributed by atoms with Crippen molar-refractivity contribution < 1.29 is 13.2 Å². The largest absolute Gasteiger partial charge is 0.345 e. The van der Waals surface area contributed by atoms with E-state index in [1.54, 1.807) is 26.2 Å². The first-order valence-electron chi connectivity index (χ1n) is 7.41. The lowest BCUT2D eigenvalue weighted by Crippen LogP contribution is -2.47. The Morgan fingerprint density at radius 3 is 2.73 bits per heavy atom. The molecule has 1 aromatic rings. The van der Waals surface area contributed by atoms with Gasteiger partial charge in [0.15, 0.2) is 0 Å². The minimum atomic E-state index is -3.62. The van der Waals surface area contributed by atoms with Gasteiger partial charge in [-0.25, -0.2) is 8.42 Å². The molecule has 2 rings (SSSR count). The zero-order chi connectivity index (χ0) is 16.3. The summed E-state index contributed by atoms with van der Waals surface area (Å²) in [6.45, 7) is 0.797. The number of piperidine rings is 1. The van der Waals surface area contributed by atoms with Crippen molar-refractivity contribution in [2.45, 2.75) is 30.2 Å². The number of carbonyl (C=O) groups excluding carboxylic acids is 1. The Labute approximate surface area is 131 Å². The van der Waals surface area contributed by atoms with Gasteiger partial charge in [0.1, 0.15) is 0 Å². The molecule has 2 N–H and O–H groups in total. The maximum Gasteiger partial charge on any atom is 0.253 e. The van der Waals surface area contributed by atoms with E-state index in [0.717, 1.165) is 19.3 Å². The monoisotopic (exact) mass is 325 g/mol. The number of nitrogens with two attached hydrogens (primary N) is 1. The van der Waals surface area contributed by atoms with Gasteiger partial charge in [-0.1, -0.05) is 12.5 Å². The molecule has 7 heteroatoms. The molecule has 0 saturated carbocycles. The van der Waals surface area contributed by atoms with E-state index in [4.69, 9.17) is 5.73 Å². The van der Waals surface area contributed by atoms with Gasteiger partial charge in [-0.3, -0.25) is 4.79 Å². The molecule has 1 unspecified atom stereocenters. The summed E-state index contributed by atoms with van der Waals surface area (Å²) in [5, 5.41) is 0. The van der Waals surface area contributed by atoms with Crippen molar-refractivity contribution >= 4 is 15.9 Å². The highest BCUT2D eigenvalue weighted by Crippen LogP contribution is 2.25. The van der Waals surface area contributed by atoms with Crippen LogP contribution >= 0.6 is 0 Å². The Morgan fingerprint density at radius 1 is 1.36 bits per heavy atom. The molecule has 0 aromatic heterocycles. The topological polar surface area (TPSA) is 83.7 Å². The second kappa shape index (κ2) is 6.76. The fourth-order valence-corrected chi connectivity index (χ4v) is 4.46. The van der Waals surface area contributed by atoms with Crippen molar-refractivity contribution in [3.05, 3.63) is 29.8 Å². The predicted octanol–water partition coefficient (Wildman–Crippen LogP) is 0.890. The van der Waals surface area contributed by atoms with Gasteiger partial charge >= 0.3 is 0 Å². The molecule has 1 aromatic carbocycles. The summed E-state index contributed by atoms with van der Waals surface area (Å²) in [6.07, 6.45) is 2.62. The molecule has 1 aliphatic heterocycles. The Hall–Kier alpha value is -1.44. The highest BCUT2D eigenvalue weighted by molar-refractivity contribution is 7.89. The first-order valence-corrected chi connectivity index (χ1v) is 8.85. The van der Waals surface area contributed by atoms with Crippen LogP contribution in [0.3, 0.4) is 0 Å². The molecule has 6 nitrogen and oxygen atoms in total. The van der Waals surface area contributed by atoms with Gasteiger partial charge in [-0.05, 0) is 31.0 Å². The third-order valence-electron chi connectivity index (χ3n) is 3.94. The SMILES string of the molecule is CN(C)C(=O)c1cccc(S(=O)(=O)N2CCCCC2CN)c1. The maximum atomic E-state index is 12.8. The summed E-state index contributed by atoms with van der Waals surface area (Å²) in [7, 11) is -0.347. The summed E-state index contributed by atoms with van der Waals surface area (Å²) in [5.41, 5.74) is 6.09. The number of rotatable bonds is 4. The van der Waals surface area contributed by atoms with Crippen LogP contribution in [0.2, 0.25) is 0 Å². The van der Waals surface area contributed by atoms with E-state index in [1.165, 1.54) is 21.3 Å². The number of carbonyl (C=O) groups is 1. The highest BCUT2D eigenvalue weighted by Gasteiger charge is 2.33. The van der Waals surface area contributed by atoms with Crippen LogP contribution in [-0.2, 0) is 10.0 Å². The average Bonchev–Trinajstić information content (AvgIpc) is 2.54. The number of sulfonamides is 1. The maximum absolute atomic E-state index is 12.8. The first kappa shape index (κ1) is 16.9. The Bertz CT molecular complexity index is 643. The van der Waals surface area contributed by atoms with Crippen LogP contribution < -0.4 is 5.73 Å². The molecule has 1 saturated heterocycles. The summed E-state index contributed by atoms with van der Waals surface area (Å²) in [6, 6.07) is 6.04. The van der Waals surface area contributed by atoms with E-state index in [0.29, 0.717) is 18.7 Å². The lowest BCUT2D eigenvalue weighted by atomic mass is 10.1. The molecular formula is C15H23N3O3S. The van der Waals surface area contributed by atoms with Crippen molar-refractivity contribution in [1.29, 1.82) is 0 Å². The van der Waals surface area contributed by atoms with Gasteiger partial charge in [0, 0.05) is 38.8 Å². The Balaban J connectivity index is 2.37. The van der Waals surface area contributed by atoms with Crippen molar-refractivity contribution in [3.63, 3.8) is 0 Å². The third kappa shape index (κ3) is 3.31. The molecule has 1 atom stereocenters. The van der Waals surface area contributed by atoms with E-state index >= 15 is 0 Å². The van der Waals surface area contributed by atoms with E-state index in [9.17, 15) is 13.2 Å². The van der Waals surface area contributed by atoms with Gasteiger partial charge in [0.25, 0.3) is 5.91 Å². The summed E-state index contributed by atoms with van der Waals surface area (Å²) in [5.74, 6) is -0.217. The number of benzene rings is 1. The smallest absolute Gasteiger partial charge is 0.253 e. The van der Waals surface area contributed by atoms with Crippen molar-refractivity contribution in [3.8, 4) is 0 Å². The van der Waals surface area contributed by atoms with Gasteiger partial charge in [-0.2, -0.15) is 4.31 Å².